The second kappa shape index (κ2) is 6.00. The van der Waals surface area contributed by atoms with Crippen molar-refractivity contribution in [2.45, 2.75) is 19.4 Å². The highest BCUT2D eigenvalue weighted by Gasteiger charge is 2.32. The van der Waals surface area contributed by atoms with E-state index in [1.165, 1.54) is 12.1 Å². The Morgan fingerprint density at radius 3 is 2.52 bits per heavy atom. The summed E-state index contributed by atoms with van der Waals surface area (Å²) in [6.07, 6.45) is 0. The number of carbonyl (C=O) groups excluding carboxylic acids is 1. The highest BCUT2D eigenvalue weighted by atomic mass is 35.5. The minimum atomic E-state index is -0.677. The number of hydrogen-bond acceptors (Lipinski definition) is 3. The first kappa shape index (κ1) is 15.7. The van der Waals surface area contributed by atoms with E-state index in [9.17, 15) is 9.18 Å². The molecule has 1 aromatic carbocycles. The van der Waals surface area contributed by atoms with Crippen LogP contribution in [0.2, 0.25) is 5.02 Å². The summed E-state index contributed by atoms with van der Waals surface area (Å²) >= 11 is 5.71. The number of benzene rings is 1. The summed E-state index contributed by atoms with van der Waals surface area (Å²) in [5.74, 6) is -1.03. The van der Waals surface area contributed by atoms with Crippen molar-refractivity contribution in [3.63, 3.8) is 0 Å². The smallest absolute Gasteiger partial charge is 0.256 e. The first-order chi connectivity index (χ1) is 9.86. The summed E-state index contributed by atoms with van der Waals surface area (Å²) in [5.41, 5.74) is -0.563. The highest BCUT2D eigenvalue weighted by Crippen LogP contribution is 2.21. The molecule has 4 nitrogen and oxygen atoms in total. The molecule has 0 N–H and O–H groups in total. The SMILES string of the molecule is CC(C)(C#N)N1CCN(C(=O)c2cccc(Cl)c2F)CC1. The number of piperazine rings is 1. The lowest BCUT2D eigenvalue weighted by Gasteiger charge is -2.40. The quantitative estimate of drug-likeness (QED) is 0.843. The Morgan fingerprint density at radius 2 is 1.95 bits per heavy atom. The van der Waals surface area contributed by atoms with Crippen LogP contribution in [0.5, 0.6) is 0 Å². The average molecular weight is 310 g/mol. The third-order valence-corrected chi connectivity index (χ3v) is 4.10. The van der Waals surface area contributed by atoms with Crippen LogP contribution < -0.4 is 0 Å². The van der Waals surface area contributed by atoms with Gasteiger partial charge in [0.05, 0.1) is 16.7 Å². The summed E-state index contributed by atoms with van der Waals surface area (Å²) in [4.78, 5) is 16.0. The number of nitrogens with zero attached hydrogens (tertiary/aromatic N) is 3. The zero-order valence-electron chi connectivity index (χ0n) is 12.1. The van der Waals surface area contributed by atoms with E-state index in [0.29, 0.717) is 26.2 Å². The van der Waals surface area contributed by atoms with Gasteiger partial charge < -0.3 is 4.90 Å². The molecule has 1 saturated heterocycles. The maximum Gasteiger partial charge on any atom is 0.256 e. The highest BCUT2D eigenvalue weighted by molar-refractivity contribution is 6.31. The zero-order valence-corrected chi connectivity index (χ0v) is 12.8. The third kappa shape index (κ3) is 3.17. The molecule has 0 unspecified atom stereocenters. The van der Waals surface area contributed by atoms with Gasteiger partial charge in [-0.05, 0) is 26.0 Å². The van der Waals surface area contributed by atoms with Crippen molar-refractivity contribution in [1.29, 1.82) is 5.26 Å². The van der Waals surface area contributed by atoms with Gasteiger partial charge in [0, 0.05) is 26.2 Å². The first-order valence-electron chi connectivity index (χ1n) is 6.76. The molecule has 2 rings (SSSR count). The van der Waals surface area contributed by atoms with Gasteiger partial charge in [-0.2, -0.15) is 5.26 Å². The Hall–Kier alpha value is -1.64. The Labute approximate surface area is 128 Å². The fourth-order valence-electron chi connectivity index (χ4n) is 2.38. The van der Waals surface area contributed by atoms with Crippen LogP contribution >= 0.6 is 11.6 Å². The third-order valence-electron chi connectivity index (χ3n) is 3.81. The summed E-state index contributed by atoms with van der Waals surface area (Å²) in [6, 6.07) is 6.67. The van der Waals surface area contributed by atoms with Gasteiger partial charge in [0.2, 0.25) is 0 Å². The monoisotopic (exact) mass is 309 g/mol. The first-order valence-corrected chi connectivity index (χ1v) is 7.14. The van der Waals surface area contributed by atoms with Crippen LogP contribution in [0.1, 0.15) is 24.2 Å². The number of halogens is 2. The summed E-state index contributed by atoms with van der Waals surface area (Å²) in [7, 11) is 0. The second-order valence-corrected chi connectivity index (χ2v) is 5.96. The maximum absolute atomic E-state index is 13.9. The number of nitriles is 1. The van der Waals surface area contributed by atoms with E-state index in [4.69, 9.17) is 16.9 Å². The average Bonchev–Trinajstić information content (AvgIpc) is 2.49. The van der Waals surface area contributed by atoms with E-state index < -0.39 is 11.4 Å². The lowest BCUT2D eigenvalue weighted by molar-refractivity contribution is 0.0517. The predicted octanol–water partition coefficient (Wildman–Crippen LogP) is 2.54. The van der Waals surface area contributed by atoms with Crippen LogP contribution in [0.15, 0.2) is 18.2 Å². The van der Waals surface area contributed by atoms with E-state index >= 15 is 0 Å². The van der Waals surface area contributed by atoms with Crippen molar-refractivity contribution in [2.75, 3.05) is 26.2 Å². The number of hydrogen-bond donors (Lipinski definition) is 0. The van der Waals surface area contributed by atoms with Crippen LogP contribution in [0, 0.1) is 17.1 Å². The summed E-state index contributed by atoms with van der Waals surface area (Å²) in [5, 5.41) is 9.08. The topological polar surface area (TPSA) is 47.3 Å². The predicted molar refractivity (Wildman–Crippen MR) is 78.6 cm³/mol. The molecule has 1 amide bonds. The molecule has 0 radical (unpaired) electrons. The fraction of sp³-hybridized carbons (Fsp3) is 0.467. The molecule has 1 aromatic rings. The van der Waals surface area contributed by atoms with Crippen LogP contribution in [0.4, 0.5) is 4.39 Å². The van der Waals surface area contributed by atoms with Gasteiger partial charge in [0.1, 0.15) is 5.54 Å². The maximum atomic E-state index is 13.9. The minimum Gasteiger partial charge on any atom is -0.336 e. The van der Waals surface area contributed by atoms with Crippen LogP contribution in [-0.2, 0) is 0 Å². The molecule has 0 bridgehead atoms. The Morgan fingerprint density at radius 1 is 1.33 bits per heavy atom. The van der Waals surface area contributed by atoms with E-state index in [0.717, 1.165) is 0 Å². The van der Waals surface area contributed by atoms with E-state index in [2.05, 4.69) is 6.07 Å². The standard InChI is InChI=1S/C15H17ClFN3O/c1-15(2,10-18)20-8-6-19(7-9-20)14(21)11-4-3-5-12(16)13(11)17/h3-5H,6-9H2,1-2H3. The second-order valence-electron chi connectivity index (χ2n) is 5.55. The Bertz CT molecular complexity index is 589. The largest absolute Gasteiger partial charge is 0.336 e. The molecule has 0 aromatic heterocycles. The van der Waals surface area contributed by atoms with Crippen molar-refractivity contribution in [2.24, 2.45) is 0 Å². The number of rotatable bonds is 2. The molecule has 6 heteroatoms. The van der Waals surface area contributed by atoms with Gasteiger partial charge in [-0.1, -0.05) is 17.7 Å². The van der Waals surface area contributed by atoms with Crippen LogP contribution in [-0.4, -0.2) is 47.4 Å². The van der Waals surface area contributed by atoms with Gasteiger partial charge in [0.25, 0.3) is 5.91 Å². The summed E-state index contributed by atoms with van der Waals surface area (Å²) < 4.78 is 13.9. The Balaban J connectivity index is 2.08. The number of carbonyl (C=O) groups is 1. The summed E-state index contributed by atoms with van der Waals surface area (Å²) in [6.45, 7) is 5.82. The molecule has 0 spiro atoms. The van der Waals surface area contributed by atoms with Crippen LogP contribution in [0.3, 0.4) is 0 Å². The van der Waals surface area contributed by atoms with Gasteiger partial charge >= 0.3 is 0 Å². The molecule has 0 saturated carbocycles. The van der Waals surface area contributed by atoms with Crippen molar-refractivity contribution in [3.05, 3.63) is 34.6 Å². The molecule has 112 valence electrons. The molecule has 1 aliphatic rings. The van der Waals surface area contributed by atoms with E-state index in [1.807, 2.05) is 18.7 Å². The molecular formula is C15H17ClFN3O. The molecule has 21 heavy (non-hydrogen) atoms. The van der Waals surface area contributed by atoms with Gasteiger partial charge in [0.15, 0.2) is 5.82 Å². The van der Waals surface area contributed by atoms with Gasteiger partial charge in [-0.3, -0.25) is 9.69 Å². The zero-order chi connectivity index (χ0) is 15.6. The normalized spacial score (nSPS) is 16.6. The molecule has 0 aliphatic carbocycles. The lowest BCUT2D eigenvalue weighted by Crippen LogP contribution is -2.55. The van der Waals surface area contributed by atoms with Crippen molar-refractivity contribution < 1.29 is 9.18 Å². The molecule has 1 aliphatic heterocycles. The molecule has 1 fully saturated rings. The van der Waals surface area contributed by atoms with Crippen molar-refractivity contribution in [3.8, 4) is 6.07 Å². The van der Waals surface area contributed by atoms with Gasteiger partial charge in [-0.25, -0.2) is 4.39 Å². The lowest BCUT2D eigenvalue weighted by atomic mass is 10.0. The minimum absolute atomic E-state index is 0.00417. The van der Waals surface area contributed by atoms with E-state index in [-0.39, 0.29) is 16.5 Å². The fourth-order valence-corrected chi connectivity index (χ4v) is 2.55. The van der Waals surface area contributed by atoms with E-state index in [1.54, 1.807) is 11.0 Å². The molecular weight excluding hydrogens is 293 g/mol. The van der Waals surface area contributed by atoms with Crippen LogP contribution in [0.25, 0.3) is 0 Å². The Kier molecular flexibility index (Phi) is 4.50. The molecule has 1 heterocycles. The van der Waals surface area contributed by atoms with Crippen molar-refractivity contribution >= 4 is 17.5 Å². The molecule has 0 atom stereocenters. The number of amides is 1. The van der Waals surface area contributed by atoms with Gasteiger partial charge in [-0.15, -0.1) is 0 Å². The van der Waals surface area contributed by atoms with Crippen molar-refractivity contribution in [1.82, 2.24) is 9.80 Å².